The third-order valence-corrected chi connectivity index (χ3v) is 5.67. The third kappa shape index (κ3) is 5.76. The number of nitrogens with one attached hydrogen (secondary N) is 2. The maximum absolute atomic E-state index is 13.3. The molecule has 0 bridgehead atoms. The molecule has 1 saturated heterocycles. The van der Waals surface area contributed by atoms with Gasteiger partial charge < -0.3 is 10.6 Å². The first-order chi connectivity index (χ1) is 11.4. The van der Waals surface area contributed by atoms with Crippen LogP contribution in [0.25, 0.3) is 0 Å². The summed E-state index contributed by atoms with van der Waals surface area (Å²) in [6.07, 6.45) is 0. The predicted octanol–water partition coefficient (Wildman–Crippen LogP) is 0.530. The fourth-order valence-electron chi connectivity index (χ4n) is 2.53. The van der Waals surface area contributed by atoms with Crippen molar-refractivity contribution in [3.05, 3.63) is 35.1 Å². The van der Waals surface area contributed by atoms with E-state index in [9.17, 15) is 12.8 Å². The van der Waals surface area contributed by atoms with E-state index in [4.69, 9.17) is 0 Å². The fourth-order valence-corrected chi connectivity index (χ4v) is 3.81. The zero-order valence-corrected chi connectivity index (χ0v) is 15.0. The predicted molar refractivity (Wildman–Crippen MR) is 94.4 cm³/mol. The number of halogens is 1. The number of aryl methyl sites for hydroxylation is 1. The summed E-state index contributed by atoms with van der Waals surface area (Å²) < 4.78 is 36.0. The van der Waals surface area contributed by atoms with Gasteiger partial charge in [0.2, 0.25) is 0 Å². The van der Waals surface area contributed by atoms with Crippen molar-refractivity contribution >= 4 is 15.8 Å². The second-order valence-corrected chi connectivity index (χ2v) is 8.23. The van der Waals surface area contributed by atoms with Gasteiger partial charge in [0, 0.05) is 39.8 Å². The van der Waals surface area contributed by atoms with Crippen molar-refractivity contribution in [3.8, 4) is 0 Å². The van der Waals surface area contributed by atoms with Crippen molar-refractivity contribution in [1.29, 1.82) is 0 Å². The van der Waals surface area contributed by atoms with E-state index in [1.807, 2.05) is 6.07 Å². The molecule has 0 amide bonds. The molecule has 0 unspecified atom stereocenters. The van der Waals surface area contributed by atoms with Crippen molar-refractivity contribution in [1.82, 2.24) is 15.5 Å². The summed E-state index contributed by atoms with van der Waals surface area (Å²) in [5, 5.41) is 6.39. The van der Waals surface area contributed by atoms with Gasteiger partial charge in [-0.3, -0.25) is 9.89 Å². The number of hydrogen-bond acceptors (Lipinski definition) is 4. The molecule has 0 radical (unpaired) electrons. The van der Waals surface area contributed by atoms with Crippen LogP contribution in [0.3, 0.4) is 0 Å². The molecular formula is C16H25FN4O2S. The van der Waals surface area contributed by atoms with Crippen LogP contribution in [0.1, 0.15) is 11.1 Å². The summed E-state index contributed by atoms with van der Waals surface area (Å²) in [6.45, 7) is 4.93. The van der Waals surface area contributed by atoms with Gasteiger partial charge in [-0.25, -0.2) is 12.8 Å². The highest BCUT2D eigenvalue weighted by Crippen LogP contribution is 2.08. The minimum atomic E-state index is -2.83. The van der Waals surface area contributed by atoms with E-state index in [1.165, 1.54) is 6.07 Å². The Morgan fingerprint density at radius 1 is 1.29 bits per heavy atom. The average molecular weight is 356 g/mol. The van der Waals surface area contributed by atoms with Crippen LogP contribution in [0.4, 0.5) is 4.39 Å². The Hall–Kier alpha value is -1.67. The molecule has 24 heavy (non-hydrogen) atoms. The van der Waals surface area contributed by atoms with E-state index in [0.717, 1.165) is 12.1 Å². The molecule has 1 aliphatic rings. The first-order valence-electron chi connectivity index (χ1n) is 8.02. The van der Waals surface area contributed by atoms with Gasteiger partial charge in [0.25, 0.3) is 0 Å². The lowest BCUT2D eigenvalue weighted by molar-refractivity contribution is 0.299. The Morgan fingerprint density at radius 3 is 2.62 bits per heavy atom. The van der Waals surface area contributed by atoms with Crippen molar-refractivity contribution < 1.29 is 12.8 Å². The first kappa shape index (κ1) is 18.7. The molecule has 1 aromatic rings. The maximum Gasteiger partial charge on any atom is 0.191 e. The maximum atomic E-state index is 13.3. The van der Waals surface area contributed by atoms with E-state index >= 15 is 0 Å². The van der Waals surface area contributed by atoms with Crippen LogP contribution in [0.15, 0.2) is 23.2 Å². The lowest BCUT2D eigenvalue weighted by atomic mass is 10.1. The van der Waals surface area contributed by atoms with Gasteiger partial charge >= 0.3 is 0 Å². The van der Waals surface area contributed by atoms with Crippen molar-refractivity contribution in [2.45, 2.75) is 13.5 Å². The standard InChI is InChI=1S/C16H25FN4O2S/c1-13-11-14(3-4-15(13)17)12-20-16(18-2)19-5-6-21-7-9-24(22,23)10-8-21/h3-4,11H,5-10,12H2,1-2H3,(H2,18,19,20). The van der Waals surface area contributed by atoms with Crippen LogP contribution in [0.2, 0.25) is 0 Å². The Kier molecular flexibility index (Phi) is 6.56. The van der Waals surface area contributed by atoms with E-state index in [0.29, 0.717) is 37.7 Å². The van der Waals surface area contributed by atoms with Crippen LogP contribution in [-0.4, -0.2) is 64.0 Å². The molecule has 0 saturated carbocycles. The van der Waals surface area contributed by atoms with E-state index in [-0.39, 0.29) is 17.3 Å². The van der Waals surface area contributed by atoms with Crippen molar-refractivity contribution in [2.24, 2.45) is 4.99 Å². The van der Waals surface area contributed by atoms with Crippen LogP contribution < -0.4 is 10.6 Å². The zero-order valence-electron chi connectivity index (χ0n) is 14.2. The molecular weight excluding hydrogens is 331 g/mol. The highest BCUT2D eigenvalue weighted by atomic mass is 32.2. The topological polar surface area (TPSA) is 73.8 Å². The summed E-state index contributed by atoms with van der Waals surface area (Å²) in [7, 11) is -1.14. The number of sulfone groups is 1. The number of guanidine groups is 1. The first-order valence-corrected chi connectivity index (χ1v) is 9.84. The van der Waals surface area contributed by atoms with Gasteiger partial charge in [0.15, 0.2) is 15.8 Å². The van der Waals surface area contributed by atoms with E-state index < -0.39 is 9.84 Å². The highest BCUT2D eigenvalue weighted by Gasteiger charge is 2.20. The summed E-state index contributed by atoms with van der Waals surface area (Å²) in [6, 6.07) is 5.02. The van der Waals surface area contributed by atoms with Crippen LogP contribution in [0.5, 0.6) is 0 Å². The molecule has 2 rings (SSSR count). The second kappa shape index (κ2) is 8.43. The molecule has 0 spiro atoms. The summed E-state index contributed by atoms with van der Waals surface area (Å²) in [5.41, 5.74) is 1.61. The molecule has 2 N–H and O–H groups in total. The molecule has 0 aromatic heterocycles. The van der Waals surface area contributed by atoms with Gasteiger partial charge in [-0.15, -0.1) is 0 Å². The van der Waals surface area contributed by atoms with Gasteiger partial charge in [-0.1, -0.05) is 12.1 Å². The normalized spacial score (nSPS) is 18.4. The van der Waals surface area contributed by atoms with Crippen molar-refractivity contribution in [3.63, 3.8) is 0 Å². The minimum absolute atomic E-state index is 0.204. The Bertz CT molecular complexity index is 677. The average Bonchev–Trinajstić information content (AvgIpc) is 2.55. The molecule has 6 nitrogen and oxygen atoms in total. The Labute approximate surface area is 143 Å². The number of aliphatic imine (C=N–C) groups is 1. The third-order valence-electron chi connectivity index (χ3n) is 4.06. The largest absolute Gasteiger partial charge is 0.355 e. The molecule has 8 heteroatoms. The number of hydrogen-bond donors (Lipinski definition) is 2. The summed E-state index contributed by atoms with van der Waals surface area (Å²) in [5.74, 6) is 0.944. The molecule has 1 aromatic carbocycles. The SMILES string of the molecule is CN=C(NCCN1CCS(=O)(=O)CC1)NCc1ccc(F)c(C)c1. The van der Waals surface area contributed by atoms with Crippen LogP contribution >= 0.6 is 0 Å². The lowest BCUT2D eigenvalue weighted by Gasteiger charge is -2.26. The monoisotopic (exact) mass is 356 g/mol. The molecule has 1 fully saturated rings. The molecule has 134 valence electrons. The summed E-state index contributed by atoms with van der Waals surface area (Å²) >= 11 is 0. The van der Waals surface area contributed by atoms with Gasteiger partial charge in [0.1, 0.15) is 5.82 Å². The Morgan fingerprint density at radius 2 is 2.00 bits per heavy atom. The van der Waals surface area contributed by atoms with Gasteiger partial charge in [-0.05, 0) is 24.1 Å². The zero-order chi connectivity index (χ0) is 17.6. The Balaban J connectivity index is 1.72. The second-order valence-electron chi connectivity index (χ2n) is 5.93. The molecule has 0 aliphatic carbocycles. The summed E-state index contributed by atoms with van der Waals surface area (Å²) in [4.78, 5) is 6.28. The fraction of sp³-hybridized carbons (Fsp3) is 0.562. The van der Waals surface area contributed by atoms with E-state index in [1.54, 1.807) is 20.0 Å². The van der Waals surface area contributed by atoms with Crippen molar-refractivity contribution in [2.75, 3.05) is 44.7 Å². The van der Waals surface area contributed by atoms with Gasteiger partial charge in [0.05, 0.1) is 11.5 Å². The van der Waals surface area contributed by atoms with Gasteiger partial charge in [-0.2, -0.15) is 0 Å². The molecule has 0 atom stereocenters. The molecule has 1 aliphatic heterocycles. The number of benzene rings is 1. The molecule has 1 heterocycles. The van der Waals surface area contributed by atoms with Crippen LogP contribution in [-0.2, 0) is 16.4 Å². The highest BCUT2D eigenvalue weighted by molar-refractivity contribution is 7.91. The van der Waals surface area contributed by atoms with E-state index in [2.05, 4.69) is 20.5 Å². The number of rotatable bonds is 5. The van der Waals surface area contributed by atoms with Crippen LogP contribution in [0, 0.1) is 12.7 Å². The number of nitrogens with zero attached hydrogens (tertiary/aromatic N) is 2. The minimum Gasteiger partial charge on any atom is -0.355 e. The lowest BCUT2D eigenvalue weighted by Crippen LogP contribution is -2.45. The quantitative estimate of drug-likeness (QED) is 0.595. The smallest absolute Gasteiger partial charge is 0.191 e.